The summed E-state index contributed by atoms with van der Waals surface area (Å²) in [6.07, 6.45) is 1.61. The van der Waals surface area contributed by atoms with Gasteiger partial charge in [-0.15, -0.1) is 0 Å². The Balaban J connectivity index is 3.07. The molecule has 0 saturated heterocycles. The van der Waals surface area contributed by atoms with Crippen LogP contribution in [0.4, 0.5) is 11.5 Å². The number of nitrogens with one attached hydrogen (secondary N) is 1. The van der Waals surface area contributed by atoms with Crippen LogP contribution in [-0.2, 0) is 0 Å². The first-order chi connectivity index (χ1) is 9.29. The van der Waals surface area contributed by atoms with Gasteiger partial charge in [0.05, 0.1) is 4.92 Å². The Labute approximate surface area is 117 Å². The minimum atomic E-state index is -0.591. The second-order valence-corrected chi connectivity index (χ2v) is 5.53. The number of rotatable bonds is 5. The first-order valence-electron chi connectivity index (χ1n) is 6.21. The molecule has 7 heteroatoms. The summed E-state index contributed by atoms with van der Waals surface area (Å²) in [5, 5.41) is 31.9. The van der Waals surface area contributed by atoms with Gasteiger partial charge >= 0.3 is 0 Å². The van der Waals surface area contributed by atoms with Crippen LogP contribution >= 0.6 is 0 Å². The van der Waals surface area contributed by atoms with E-state index < -0.39 is 4.92 Å². The molecule has 1 unspecified atom stereocenters. The SMILES string of the molecule is CC(C)(C)C(CCO)Nc1ncc([N+](=O)[O-])cc1C#N. The predicted octanol–water partition coefficient (Wildman–Crippen LogP) is 2.07. The zero-order chi connectivity index (χ0) is 15.3. The minimum Gasteiger partial charge on any atom is -0.396 e. The first-order valence-corrected chi connectivity index (χ1v) is 6.21. The zero-order valence-corrected chi connectivity index (χ0v) is 11.8. The highest BCUT2D eigenvalue weighted by Crippen LogP contribution is 2.27. The molecule has 1 aromatic heterocycles. The molecule has 0 bridgehead atoms. The van der Waals surface area contributed by atoms with Gasteiger partial charge in [-0.2, -0.15) is 5.26 Å². The van der Waals surface area contributed by atoms with Crippen molar-refractivity contribution in [2.45, 2.75) is 33.2 Å². The molecule has 0 aromatic carbocycles. The molecule has 0 aliphatic heterocycles. The maximum Gasteiger partial charge on any atom is 0.289 e. The van der Waals surface area contributed by atoms with Crippen LogP contribution in [0, 0.1) is 26.9 Å². The van der Waals surface area contributed by atoms with Crippen molar-refractivity contribution in [2.24, 2.45) is 5.41 Å². The van der Waals surface area contributed by atoms with Crippen LogP contribution in [-0.4, -0.2) is 27.7 Å². The van der Waals surface area contributed by atoms with Crippen LogP contribution < -0.4 is 5.32 Å². The Bertz CT molecular complexity index is 531. The van der Waals surface area contributed by atoms with Crippen molar-refractivity contribution in [3.8, 4) is 6.07 Å². The summed E-state index contributed by atoms with van der Waals surface area (Å²) in [4.78, 5) is 14.0. The largest absolute Gasteiger partial charge is 0.396 e. The van der Waals surface area contributed by atoms with E-state index in [0.29, 0.717) is 12.2 Å². The van der Waals surface area contributed by atoms with Gasteiger partial charge in [-0.05, 0) is 11.8 Å². The number of aromatic nitrogens is 1. The summed E-state index contributed by atoms with van der Waals surface area (Å²) < 4.78 is 0. The van der Waals surface area contributed by atoms with E-state index in [4.69, 9.17) is 10.4 Å². The highest BCUT2D eigenvalue weighted by molar-refractivity contribution is 5.56. The molecule has 1 atom stereocenters. The van der Waals surface area contributed by atoms with Crippen molar-refractivity contribution in [3.63, 3.8) is 0 Å². The molecular weight excluding hydrogens is 260 g/mol. The number of aliphatic hydroxyl groups excluding tert-OH is 1. The molecule has 1 rings (SSSR count). The summed E-state index contributed by atoms with van der Waals surface area (Å²) in [5.74, 6) is 0.298. The van der Waals surface area contributed by atoms with Crippen LogP contribution in [0.5, 0.6) is 0 Å². The zero-order valence-electron chi connectivity index (χ0n) is 11.8. The van der Waals surface area contributed by atoms with Crippen molar-refractivity contribution in [2.75, 3.05) is 11.9 Å². The monoisotopic (exact) mass is 278 g/mol. The van der Waals surface area contributed by atoms with E-state index in [2.05, 4.69) is 10.3 Å². The van der Waals surface area contributed by atoms with Gasteiger partial charge in [-0.25, -0.2) is 4.98 Å². The fourth-order valence-electron chi connectivity index (χ4n) is 1.77. The van der Waals surface area contributed by atoms with Crippen LogP contribution in [0.2, 0.25) is 0 Å². The lowest BCUT2D eigenvalue weighted by molar-refractivity contribution is -0.385. The quantitative estimate of drug-likeness (QED) is 0.629. The number of hydrogen-bond donors (Lipinski definition) is 2. The van der Waals surface area contributed by atoms with Crippen molar-refractivity contribution >= 4 is 11.5 Å². The van der Waals surface area contributed by atoms with Gasteiger partial charge in [0.1, 0.15) is 23.6 Å². The summed E-state index contributed by atoms with van der Waals surface area (Å²) in [6, 6.07) is 2.98. The molecule has 0 fully saturated rings. The normalized spacial score (nSPS) is 12.6. The smallest absolute Gasteiger partial charge is 0.289 e. The maximum absolute atomic E-state index is 10.7. The fourth-order valence-corrected chi connectivity index (χ4v) is 1.77. The molecular formula is C13H18N4O3. The van der Waals surface area contributed by atoms with Crippen molar-refractivity contribution in [3.05, 3.63) is 27.9 Å². The number of pyridine rings is 1. The lowest BCUT2D eigenvalue weighted by Gasteiger charge is -2.31. The molecule has 1 aromatic rings. The number of nitrogens with zero attached hydrogens (tertiary/aromatic N) is 3. The number of nitriles is 1. The van der Waals surface area contributed by atoms with E-state index in [1.807, 2.05) is 26.8 Å². The van der Waals surface area contributed by atoms with Gasteiger partial charge in [-0.3, -0.25) is 10.1 Å². The second-order valence-electron chi connectivity index (χ2n) is 5.53. The third-order valence-corrected chi connectivity index (χ3v) is 2.98. The predicted molar refractivity (Wildman–Crippen MR) is 74.2 cm³/mol. The Morgan fingerprint density at radius 2 is 2.25 bits per heavy atom. The molecule has 1 heterocycles. The topological polar surface area (TPSA) is 112 Å². The second kappa shape index (κ2) is 6.30. The lowest BCUT2D eigenvalue weighted by atomic mass is 9.85. The lowest BCUT2D eigenvalue weighted by Crippen LogP contribution is -2.35. The third kappa shape index (κ3) is 3.90. The van der Waals surface area contributed by atoms with Crippen molar-refractivity contribution in [1.29, 1.82) is 5.26 Å². The van der Waals surface area contributed by atoms with Crippen LogP contribution in [0.25, 0.3) is 0 Å². The third-order valence-electron chi connectivity index (χ3n) is 2.98. The molecule has 0 aliphatic carbocycles. The summed E-state index contributed by atoms with van der Waals surface area (Å²) >= 11 is 0. The molecule has 0 radical (unpaired) electrons. The summed E-state index contributed by atoms with van der Waals surface area (Å²) in [6.45, 7) is 6.00. The molecule has 2 N–H and O–H groups in total. The van der Waals surface area contributed by atoms with Crippen LogP contribution in [0.15, 0.2) is 12.3 Å². The number of hydrogen-bond acceptors (Lipinski definition) is 6. The maximum atomic E-state index is 10.7. The van der Waals surface area contributed by atoms with Gasteiger partial charge in [0.2, 0.25) is 0 Å². The molecule has 0 aliphatic rings. The molecule has 0 saturated carbocycles. The number of anilines is 1. The van der Waals surface area contributed by atoms with E-state index in [-0.39, 0.29) is 29.3 Å². The standard InChI is InChI=1S/C13H18N4O3/c1-13(2,3)11(4-5-18)16-12-9(7-14)6-10(8-15-12)17(19)20/h6,8,11,18H,4-5H2,1-3H3,(H,15,16). The minimum absolute atomic E-state index is 0.00377. The summed E-state index contributed by atoms with van der Waals surface area (Å²) in [5.41, 5.74) is -0.258. The van der Waals surface area contributed by atoms with Crippen LogP contribution in [0.3, 0.4) is 0 Å². The molecule has 108 valence electrons. The van der Waals surface area contributed by atoms with E-state index in [9.17, 15) is 10.1 Å². The van der Waals surface area contributed by atoms with Gasteiger partial charge in [0.15, 0.2) is 0 Å². The molecule has 0 amide bonds. The first kappa shape index (κ1) is 15.9. The molecule has 7 nitrogen and oxygen atoms in total. The molecule has 20 heavy (non-hydrogen) atoms. The Morgan fingerprint density at radius 1 is 1.60 bits per heavy atom. The highest BCUT2D eigenvalue weighted by Gasteiger charge is 2.25. The van der Waals surface area contributed by atoms with Crippen molar-refractivity contribution < 1.29 is 10.0 Å². The van der Waals surface area contributed by atoms with Gasteiger partial charge < -0.3 is 10.4 Å². The van der Waals surface area contributed by atoms with E-state index in [0.717, 1.165) is 6.20 Å². The van der Waals surface area contributed by atoms with Gasteiger partial charge in [0.25, 0.3) is 5.69 Å². The fraction of sp³-hybridized carbons (Fsp3) is 0.538. The van der Waals surface area contributed by atoms with Crippen molar-refractivity contribution in [1.82, 2.24) is 4.98 Å². The van der Waals surface area contributed by atoms with E-state index in [1.165, 1.54) is 6.07 Å². The Kier molecular flexibility index (Phi) is 5.00. The number of aliphatic hydroxyl groups is 1. The average Bonchev–Trinajstić information content (AvgIpc) is 2.37. The Hall–Kier alpha value is -2.20. The van der Waals surface area contributed by atoms with E-state index in [1.54, 1.807) is 0 Å². The van der Waals surface area contributed by atoms with Gasteiger partial charge in [-0.1, -0.05) is 20.8 Å². The number of nitro groups is 1. The van der Waals surface area contributed by atoms with Crippen LogP contribution in [0.1, 0.15) is 32.8 Å². The average molecular weight is 278 g/mol. The highest BCUT2D eigenvalue weighted by atomic mass is 16.6. The molecule has 0 spiro atoms. The van der Waals surface area contributed by atoms with E-state index >= 15 is 0 Å². The summed E-state index contributed by atoms with van der Waals surface area (Å²) in [7, 11) is 0. The Morgan fingerprint density at radius 3 is 2.70 bits per heavy atom. The van der Waals surface area contributed by atoms with Gasteiger partial charge in [0, 0.05) is 18.7 Å².